The van der Waals surface area contributed by atoms with Gasteiger partial charge in [0.1, 0.15) is 0 Å². The maximum atomic E-state index is 11.4. The van der Waals surface area contributed by atoms with Crippen LogP contribution >= 0.6 is 0 Å². The third kappa shape index (κ3) is 3.82. The zero-order valence-electron chi connectivity index (χ0n) is 11.6. The second kappa shape index (κ2) is 5.64. The molecule has 2 rings (SSSR count). The van der Waals surface area contributed by atoms with E-state index >= 15 is 0 Å². The largest absolute Gasteiger partial charge is 0.381 e. The zero-order chi connectivity index (χ0) is 14.8. The van der Waals surface area contributed by atoms with Crippen molar-refractivity contribution in [2.45, 2.75) is 25.3 Å². The first kappa shape index (κ1) is 14.6. The van der Waals surface area contributed by atoms with Gasteiger partial charge in [-0.2, -0.15) is 0 Å². The second-order valence-corrected chi connectivity index (χ2v) is 6.48. The molecule has 4 nitrogen and oxygen atoms in total. The average molecular weight is 290 g/mol. The van der Waals surface area contributed by atoms with Gasteiger partial charge in [0.25, 0.3) is 0 Å². The van der Waals surface area contributed by atoms with Gasteiger partial charge in [-0.15, -0.1) is 0 Å². The first-order chi connectivity index (χ1) is 9.34. The molecule has 5 heteroatoms. The summed E-state index contributed by atoms with van der Waals surface area (Å²) in [5.74, 6) is 0. The van der Waals surface area contributed by atoms with Crippen molar-refractivity contribution in [2.24, 2.45) is 5.14 Å². The molecule has 0 aromatic heterocycles. The topological polar surface area (TPSA) is 72.2 Å². The quantitative estimate of drug-likeness (QED) is 0.909. The van der Waals surface area contributed by atoms with E-state index < -0.39 is 10.0 Å². The Morgan fingerprint density at radius 1 is 1.00 bits per heavy atom. The molecule has 0 saturated carbocycles. The Morgan fingerprint density at radius 2 is 1.65 bits per heavy atom. The molecule has 2 aromatic carbocycles. The van der Waals surface area contributed by atoms with Gasteiger partial charge in [-0.1, -0.05) is 29.8 Å². The van der Waals surface area contributed by atoms with E-state index in [0.29, 0.717) is 6.54 Å². The molecular weight excluding hydrogens is 272 g/mol. The molecule has 0 radical (unpaired) electrons. The van der Waals surface area contributed by atoms with E-state index in [1.807, 2.05) is 44.2 Å². The molecule has 0 unspecified atom stereocenters. The Hall–Kier alpha value is -1.85. The van der Waals surface area contributed by atoms with E-state index in [0.717, 1.165) is 16.8 Å². The highest BCUT2D eigenvalue weighted by molar-refractivity contribution is 7.89. The third-order valence-electron chi connectivity index (χ3n) is 3.00. The van der Waals surface area contributed by atoms with Crippen LogP contribution in [0.1, 0.15) is 16.7 Å². The van der Waals surface area contributed by atoms with Gasteiger partial charge < -0.3 is 5.32 Å². The minimum atomic E-state index is -3.68. The van der Waals surface area contributed by atoms with Crippen LogP contribution in [0, 0.1) is 13.8 Å². The summed E-state index contributed by atoms with van der Waals surface area (Å²) in [4.78, 5) is 0.129. The second-order valence-electron chi connectivity index (χ2n) is 4.92. The number of anilines is 1. The molecule has 0 bridgehead atoms. The van der Waals surface area contributed by atoms with Crippen molar-refractivity contribution < 1.29 is 8.42 Å². The predicted octanol–water partition coefficient (Wildman–Crippen LogP) is 2.56. The number of nitrogens with two attached hydrogens (primary N) is 1. The van der Waals surface area contributed by atoms with Gasteiger partial charge in [0.15, 0.2) is 0 Å². The van der Waals surface area contributed by atoms with Gasteiger partial charge in [-0.3, -0.25) is 0 Å². The lowest BCUT2D eigenvalue weighted by Crippen LogP contribution is -2.13. The van der Waals surface area contributed by atoms with Crippen LogP contribution < -0.4 is 10.5 Å². The van der Waals surface area contributed by atoms with E-state index in [1.165, 1.54) is 5.56 Å². The molecule has 0 atom stereocenters. The van der Waals surface area contributed by atoms with Crippen molar-refractivity contribution in [3.05, 3.63) is 59.2 Å². The first-order valence-corrected chi connectivity index (χ1v) is 7.83. The number of benzene rings is 2. The summed E-state index contributed by atoms with van der Waals surface area (Å²) in [6, 6.07) is 13.2. The number of hydrogen-bond acceptors (Lipinski definition) is 3. The molecule has 2 aromatic rings. The molecule has 0 heterocycles. The third-order valence-corrected chi connectivity index (χ3v) is 3.89. The van der Waals surface area contributed by atoms with E-state index in [2.05, 4.69) is 5.32 Å². The lowest BCUT2D eigenvalue weighted by Gasteiger charge is -2.09. The van der Waals surface area contributed by atoms with Crippen molar-refractivity contribution in [1.29, 1.82) is 0 Å². The lowest BCUT2D eigenvalue weighted by atomic mass is 10.1. The van der Waals surface area contributed by atoms with Crippen LogP contribution in [0.15, 0.2) is 47.4 Å². The van der Waals surface area contributed by atoms with Crippen LogP contribution in [0.5, 0.6) is 0 Å². The van der Waals surface area contributed by atoms with Gasteiger partial charge in [-0.05, 0) is 43.2 Å². The Balaban J connectivity index is 2.17. The van der Waals surface area contributed by atoms with Crippen molar-refractivity contribution >= 4 is 15.7 Å². The molecule has 0 amide bonds. The highest BCUT2D eigenvalue weighted by Crippen LogP contribution is 2.18. The minimum absolute atomic E-state index is 0.129. The molecule has 0 fully saturated rings. The fourth-order valence-electron chi connectivity index (χ4n) is 1.92. The van der Waals surface area contributed by atoms with Crippen LogP contribution in [-0.2, 0) is 16.6 Å². The molecular formula is C15H18N2O2S. The summed E-state index contributed by atoms with van der Waals surface area (Å²) >= 11 is 0. The number of aryl methyl sites for hydroxylation is 2. The molecule has 20 heavy (non-hydrogen) atoms. The van der Waals surface area contributed by atoms with Crippen LogP contribution in [0.4, 0.5) is 5.69 Å². The van der Waals surface area contributed by atoms with Crippen molar-refractivity contribution in [3.8, 4) is 0 Å². The van der Waals surface area contributed by atoms with Gasteiger partial charge in [0, 0.05) is 12.2 Å². The van der Waals surface area contributed by atoms with Crippen LogP contribution in [-0.4, -0.2) is 8.42 Å². The van der Waals surface area contributed by atoms with Gasteiger partial charge >= 0.3 is 0 Å². The first-order valence-electron chi connectivity index (χ1n) is 6.28. The highest BCUT2D eigenvalue weighted by atomic mass is 32.2. The lowest BCUT2D eigenvalue weighted by molar-refractivity contribution is 0.597. The van der Waals surface area contributed by atoms with Crippen LogP contribution in [0.3, 0.4) is 0 Å². The minimum Gasteiger partial charge on any atom is -0.381 e. The molecule has 0 aliphatic rings. The Morgan fingerprint density at radius 3 is 2.25 bits per heavy atom. The summed E-state index contributed by atoms with van der Waals surface area (Å²) in [5, 5.41) is 8.38. The number of sulfonamides is 1. The Kier molecular flexibility index (Phi) is 4.11. The van der Waals surface area contributed by atoms with Gasteiger partial charge in [0.05, 0.1) is 4.90 Å². The molecule has 0 spiro atoms. The number of hydrogen-bond donors (Lipinski definition) is 2. The van der Waals surface area contributed by atoms with Crippen molar-refractivity contribution in [3.63, 3.8) is 0 Å². The van der Waals surface area contributed by atoms with E-state index in [9.17, 15) is 8.42 Å². The normalized spacial score (nSPS) is 11.3. The smallest absolute Gasteiger partial charge is 0.238 e. The van der Waals surface area contributed by atoms with Crippen molar-refractivity contribution in [1.82, 2.24) is 0 Å². The summed E-state index contributed by atoms with van der Waals surface area (Å²) in [6.07, 6.45) is 0. The van der Waals surface area contributed by atoms with E-state index in [4.69, 9.17) is 5.14 Å². The standard InChI is InChI=1S/C15H18N2O2S/c1-11-3-5-13(6-4-11)10-17-14-7-12(2)8-15(9-14)20(16,18)19/h3-9,17H,10H2,1-2H3,(H2,16,18,19). The van der Waals surface area contributed by atoms with E-state index in [1.54, 1.807) is 12.1 Å². The van der Waals surface area contributed by atoms with Gasteiger partial charge in [-0.25, -0.2) is 13.6 Å². The summed E-state index contributed by atoms with van der Waals surface area (Å²) in [6.45, 7) is 4.51. The van der Waals surface area contributed by atoms with Crippen LogP contribution in [0.2, 0.25) is 0 Å². The maximum Gasteiger partial charge on any atom is 0.238 e. The fraction of sp³-hybridized carbons (Fsp3) is 0.200. The van der Waals surface area contributed by atoms with Crippen LogP contribution in [0.25, 0.3) is 0 Å². The fourth-order valence-corrected chi connectivity index (χ4v) is 2.57. The number of nitrogens with one attached hydrogen (secondary N) is 1. The SMILES string of the molecule is Cc1ccc(CNc2cc(C)cc(S(N)(=O)=O)c2)cc1. The average Bonchev–Trinajstić information content (AvgIpc) is 2.36. The Labute approximate surface area is 119 Å². The van der Waals surface area contributed by atoms with Crippen molar-refractivity contribution in [2.75, 3.05) is 5.32 Å². The summed E-state index contributed by atoms with van der Waals surface area (Å²) in [5.41, 5.74) is 3.94. The molecule has 106 valence electrons. The highest BCUT2D eigenvalue weighted by Gasteiger charge is 2.09. The monoisotopic (exact) mass is 290 g/mol. The number of primary sulfonamides is 1. The molecule has 0 saturated heterocycles. The van der Waals surface area contributed by atoms with Gasteiger partial charge in [0.2, 0.25) is 10.0 Å². The molecule has 0 aliphatic carbocycles. The molecule has 0 aliphatic heterocycles. The van der Waals surface area contributed by atoms with E-state index in [-0.39, 0.29) is 4.90 Å². The zero-order valence-corrected chi connectivity index (χ0v) is 12.4. The predicted molar refractivity (Wildman–Crippen MR) is 81.1 cm³/mol. The summed E-state index contributed by atoms with van der Waals surface area (Å²) in [7, 11) is -3.68. The number of rotatable bonds is 4. The maximum absolute atomic E-state index is 11.4. The summed E-state index contributed by atoms with van der Waals surface area (Å²) < 4.78 is 22.8. The molecule has 3 N–H and O–H groups in total. The Bertz CT molecular complexity index is 707.